The number of hydrogen-bond donors (Lipinski definition) is 1. The Morgan fingerprint density at radius 3 is 2.31 bits per heavy atom. The highest BCUT2D eigenvalue weighted by molar-refractivity contribution is 14.1. The third-order valence-corrected chi connectivity index (χ3v) is 5.29. The number of nitro groups is 1. The Balaban J connectivity index is 3.53. The molecule has 1 aromatic rings. The molecule has 0 radical (unpaired) electrons. The molecule has 70 valence electrons. The fourth-order valence-corrected chi connectivity index (χ4v) is 3.19. The molecule has 1 aromatic carbocycles. The van der Waals surface area contributed by atoms with Gasteiger partial charge in [0.1, 0.15) is 9.32 Å². The molecule has 0 aliphatic rings. The van der Waals surface area contributed by atoms with Gasteiger partial charge in [-0.2, -0.15) is 0 Å². The zero-order chi connectivity index (χ0) is 10.2. The number of nitro benzene ring substituents is 1. The van der Waals surface area contributed by atoms with Gasteiger partial charge in [0.05, 0.1) is 12.1 Å². The normalized spacial score (nSPS) is 10.1. The number of rotatable bonds is 1. The number of benzene rings is 1. The minimum Gasteiger partial charge on any atom is -0.507 e. The summed E-state index contributed by atoms with van der Waals surface area (Å²) >= 11 is 5.57. The Hall–Kier alpha value is 0.610. The van der Waals surface area contributed by atoms with Crippen LogP contribution in [0, 0.1) is 20.8 Å². The van der Waals surface area contributed by atoms with Crippen LogP contribution < -0.4 is 0 Å². The zero-order valence-electron chi connectivity index (χ0n) is 5.92. The predicted octanol–water partition coefficient (Wildman–Crippen LogP) is 3.11. The summed E-state index contributed by atoms with van der Waals surface area (Å²) in [5.74, 6) is 0.0833. The van der Waals surface area contributed by atoms with E-state index in [4.69, 9.17) is 0 Å². The summed E-state index contributed by atoms with van der Waals surface area (Å²) in [5, 5.41) is 20.0. The molecule has 0 amide bonds. The van der Waals surface area contributed by atoms with Crippen LogP contribution in [0.15, 0.2) is 6.07 Å². The summed E-state index contributed by atoms with van der Waals surface area (Å²) in [6, 6.07) is 1.39. The minimum absolute atomic E-state index is 0.0587. The molecular formula is C6H2I3NO3. The molecule has 7 heteroatoms. The number of phenolic OH excluding ortho intramolecular Hbond substituents is 1. The number of hydrogen-bond acceptors (Lipinski definition) is 3. The lowest BCUT2D eigenvalue weighted by Crippen LogP contribution is -1.97. The van der Waals surface area contributed by atoms with E-state index in [1.54, 1.807) is 0 Å². The monoisotopic (exact) mass is 517 g/mol. The summed E-state index contributed by atoms with van der Waals surface area (Å²) in [6.07, 6.45) is 0. The standard InChI is InChI=1S/C6H2I3NO3/c7-2-1-3(11)4(8)5(9)6(2)10(12)13/h1,11H. The number of halogens is 3. The Labute approximate surface area is 115 Å². The second-order valence-electron chi connectivity index (χ2n) is 2.11. The highest BCUT2D eigenvalue weighted by atomic mass is 127. The van der Waals surface area contributed by atoms with Gasteiger partial charge >= 0.3 is 0 Å². The molecule has 0 saturated carbocycles. The van der Waals surface area contributed by atoms with Crippen LogP contribution >= 0.6 is 67.8 Å². The van der Waals surface area contributed by atoms with Gasteiger partial charge < -0.3 is 5.11 Å². The van der Waals surface area contributed by atoms with Crippen LogP contribution in [0.25, 0.3) is 0 Å². The van der Waals surface area contributed by atoms with Gasteiger partial charge in [0.25, 0.3) is 5.69 Å². The lowest BCUT2D eigenvalue weighted by atomic mass is 10.3. The molecular weight excluding hydrogens is 515 g/mol. The molecule has 0 spiro atoms. The van der Waals surface area contributed by atoms with Crippen LogP contribution in [0.1, 0.15) is 0 Å². The molecule has 1 rings (SSSR count). The van der Waals surface area contributed by atoms with Crippen molar-refractivity contribution in [2.45, 2.75) is 0 Å². The van der Waals surface area contributed by atoms with Crippen molar-refractivity contribution < 1.29 is 10.0 Å². The highest BCUT2D eigenvalue weighted by Gasteiger charge is 2.21. The van der Waals surface area contributed by atoms with Gasteiger partial charge in [-0.25, -0.2) is 0 Å². The van der Waals surface area contributed by atoms with E-state index in [-0.39, 0.29) is 11.4 Å². The largest absolute Gasteiger partial charge is 0.507 e. The van der Waals surface area contributed by atoms with Crippen molar-refractivity contribution in [1.82, 2.24) is 0 Å². The van der Waals surface area contributed by atoms with Gasteiger partial charge in [-0.3, -0.25) is 10.1 Å². The summed E-state index contributed by atoms with van der Waals surface area (Å²) in [7, 11) is 0. The first kappa shape index (κ1) is 11.7. The smallest absolute Gasteiger partial charge is 0.297 e. The third kappa shape index (κ3) is 2.34. The van der Waals surface area contributed by atoms with Crippen molar-refractivity contribution in [2.75, 3.05) is 0 Å². The van der Waals surface area contributed by atoms with Crippen molar-refractivity contribution in [2.24, 2.45) is 0 Å². The van der Waals surface area contributed by atoms with Gasteiger partial charge in [0.15, 0.2) is 0 Å². The first-order chi connectivity index (χ1) is 5.95. The number of aromatic hydroxyl groups is 1. The molecule has 0 aliphatic heterocycles. The Bertz CT molecular complexity index is 380. The van der Waals surface area contributed by atoms with Crippen molar-refractivity contribution in [3.8, 4) is 5.75 Å². The summed E-state index contributed by atoms with van der Waals surface area (Å²) in [6.45, 7) is 0. The van der Waals surface area contributed by atoms with Gasteiger partial charge in [-0.05, 0) is 67.8 Å². The van der Waals surface area contributed by atoms with Gasteiger partial charge in [-0.1, -0.05) is 0 Å². The average Bonchev–Trinajstić information content (AvgIpc) is 1.99. The fraction of sp³-hybridized carbons (Fsp3) is 0. The quantitative estimate of drug-likeness (QED) is 0.270. The van der Waals surface area contributed by atoms with Crippen LogP contribution in [0.3, 0.4) is 0 Å². The lowest BCUT2D eigenvalue weighted by Gasteiger charge is -2.02. The molecule has 0 heterocycles. The topological polar surface area (TPSA) is 63.4 Å². The van der Waals surface area contributed by atoms with Crippen LogP contribution in [0.5, 0.6) is 5.75 Å². The predicted molar refractivity (Wildman–Crippen MR) is 72.9 cm³/mol. The van der Waals surface area contributed by atoms with Crippen LogP contribution in [-0.2, 0) is 0 Å². The van der Waals surface area contributed by atoms with E-state index in [1.165, 1.54) is 6.07 Å². The maximum Gasteiger partial charge on any atom is 0.297 e. The van der Waals surface area contributed by atoms with Crippen molar-refractivity contribution in [3.63, 3.8) is 0 Å². The molecule has 0 aliphatic carbocycles. The molecule has 0 atom stereocenters. The van der Waals surface area contributed by atoms with E-state index in [0.29, 0.717) is 10.7 Å². The fourth-order valence-electron chi connectivity index (χ4n) is 0.740. The molecule has 4 nitrogen and oxygen atoms in total. The maximum absolute atomic E-state index is 10.6. The second kappa shape index (κ2) is 4.42. The second-order valence-corrected chi connectivity index (χ2v) is 5.43. The number of phenols is 1. The summed E-state index contributed by atoms with van der Waals surface area (Å²) < 4.78 is 1.45. The minimum atomic E-state index is -0.439. The summed E-state index contributed by atoms with van der Waals surface area (Å²) in [4.78, 5) is 10.2. The van der Waals surface area contributed by atoms with Crippen LogP contribution in [0.2, 0.25) is 0 Å². The van der Waals surface area contributed by atoms with E-state index in [2.05, 4.69) is 0 Å². The molecule has 0 saturated heterocycles. The first-order valence-corrected chi connectivity index (χ1v) is 6.19. The molecule has 0 fully saturated rings. The molecule has 0 aromatic heterocycles. The Morgan fingerprint density at radius 1 is 1.31 bits per heavy atom. The molecule has 0 bridgehead atoms. The Morgan fingerprint density at radius 2 is 1.85 bits per heavy atom. The van der Waals surface area contributed by atoms with Crippen molar-refractivity contribution >= 4 is 73.5 Å². The van der Waals surface area contributed by atoms with E-state index in [1.807, 2.05) is 67.8 Å². The Kier molecular flexibility index (Phi) is 3.97. The van der Waals surface area contributed by atoms with Gasteiger partial charge in [0.2, 0.25) is 0 Å². The van der Waals surface area contributed by atoms with Gasteiger partial charge in [-0.15, -0.1) is 0 Å². The van der Waals surface area contributed by atoms with E-state index in [9.17, 15) is 15.2 Å². The van der Waals surface area contributed by atoms with Crippen LogP contribution in [0.4, 0.5) is 5.69 Å². The first-order valence-electron chi connectivity index (χ1n) is 2.96. The van der Waals surface area contributed by atoms with E-state index >= 15 is 0 Å². The van der Waals surface area contributed by atoms with E-state index in [0.717, 1.165) is 0 Å². The zero-order valence-corrected chi connectivity index (χ0v) is 12.4. The molecule has 1 N–H and O–H groups in total. The highest BCUT2D eigenvalue weighted by Crippen LogP contribution is 2.35. The molecule has 13 heavy (non-hydrogen) atoms. The van der Waals surface area contributed by atoms with Crippen molar-refractivity contribution in [1.29, 1.82) is 0 Å². The average molecular weight is 517 g/mol. The molecule has 0 unspecified atom stereocenters. The van der Waals surface area contributed by atoms with Gasteiger partial charge in [0, 0.05) is 6.07 Å². The third-order valence-electron chi connectivity index (χ3n) is 1.30. The number of nitrogens with zero attached hydrogens (tertiary/aromatic N) is 1. The van der Waals surface area contributed by atoms with E-state index < -0.39 is 4.92 Å². The lowest BCUT2D eigenvalue weighted by molar-refractivity contribution is -0.386. The SMILES string of the molecule is O=[N+]([O-])c1c(I)cc(O)c(I)c1I. The van der Waals surface area contributed by atoms with Crippen molar-refractivity contribution in [3.05, 3.63) is 26.9 Å². The van der Waals surface area contributed by atoms with Crippen LogP contribution in [-0.4, -0.2) is 10.0 Å². The summed E-state index contributed by atoms with van der Waals surface area (Å²) in [5.41, 5.74) is 0.0587. The maximum atomic E-state index is 10.6.